The maximum Gasteiger partial charge on any atom is 0.230 e. The van der Waals surface area contributed by atoms with Crippen LogP contribution in [-0.2, 0) is 0 Å². The Bertz CT molecular complexity index is 792. The fourth-order valence-electron chi connectivity index (χ4n) is 1.79. The molecule has 1 aromatic heterocycles. The molecule has 0 fully saturated rings. The van der Waals surface area contributed by atoms with Crippen LogP contribution in [0.3, 0.4) is 0 Å². The SMILES string of the molecule is Nc1ccc2c(Oc3cc(F)ccc3F)ncnc2c1. The summed E-state index contributed by atoms with van der Waals surface area (Å²) in [7, 11) is 0. The topological polar surface area (TPSA) is 61.0 Å². The molecular weight excluding hydrogens is 264 g/mol. The van der Waals surface area contributed by atoms with Crippen LogP contribution in [0.2, 0.25) is 0 Å². The predicted molar refractivity (Wildman–Crippen MR) is 70.4 cm³/mol. The summed E-state index contributed by atoms with van der Waals surface area (Å²) in [4.78, 5) is 7.98. The van der Waals surface area contributed by atoms with Crippen molar-refractivity contribution in [1.82, 2.24) is 9.97 Å². The zero-order valence-electron chi connectivity index (χ0n) is 10.2. The van der Waals surface area contributed by atoms with E-state index in [1.807, 2.05) is 0 Å². The highest BCUT2D eigenvalue weighted by Gasteiger charge is 2.10. The lowest BCUT2D eigenvalue weighted by Crippen LogP contribution is -1.95. The quantitative estimate of drug-likeness (QED) is 0.728. The van der Waals surface area contributed by atoms with E-state index in [9.17, 15) is 8.78 Å². The number of anilines is 1. The maximum absolute atomic E-state index is 13.6. The smallest absolute Gasteiger partial charge is 0.230 e. The van der Waals surface area contributed by atoms with Crippen LogP contribution >= 0.6 is 0 Å². The lowest BCUT2D eigenvalue weighted by Gasteiger charge is -2.08. The summed E-state index contributed by atoms with van der Waals surface area (Å²) >= 11 is 0. The van der Waals surface area contributed by atoms with Gasteiger partial charge in [0.15, 0.2) is 11.6 Å². The van der Waals surface area contributed by atoms with E-state index in [1.165, 1.54) is 6.33 Å². The number of nitrogen functional groups attached to an aromatic ring is 1. The molecule has 0 unspecified atom stereocenters. The maximum atomic E-state index is 13.6. The van der Waals surface area contributed by atoms with E-state index in [2.05, 4.69) is 9.97 Å². The molecule has 20 heavy (non-hydrogen) atoms. The summed E-state index contributed by atoms with van der Waals surface area (Å²) in [6, 6.07) is 7.93. The predicted octanol–water partition coefficient (Wildman–Crippen LogP) is 3.28. The van der Waals surface area contributed by atoms with Gasteiger partial charge >= 0.3 is 0 Å². The third-order valence-corrected chi connectivity index (χ3v) is 2.72. The Morgan fingerprint density at radius 3 is 2.70 bits per heavy atom. The summed E-state index contributed by atoms with van der Waals surface area (Å²) in [5, 5.41) is 0.561. The second-order valence-electron chi connectivity index (χ2n) is 4.13. The lowest BCUT2D eigenvalue weighted by molar-refractivity contribution is 0.426. The molecule has 3 rings (SSSR count). The van der Waals surface area contributed by atoms with Gasteiger partial charge in [-0.25, -0.2) is 18.7 Å². The zero-order valence-corrected chi connectivity index (χ0v) is 10.2. The molecule has 0 aliphatic carbocycles. The highest BCUT2D eigenvalue weighted by atomic mass is 19.1. The minimum absolute atomic E-state index is 0.138. The van der Waals surface area contributed by atoms with E-state index in [4.69, 9.17) is 10.5 Å². The van der Waals surface area contributed by atoms with Gasteiger partial charge in [-0.2, -0.15) is 0 Å². The monoisotopic (exact) mass is 273 g/mol. The minimum atomic E-state index is -0.673. The molecule has 0 atom stereocenters. The van der Waals surface area contributed by atoms with Crippen molar-refractivity contribution in [2.45, 2.75) is 0 Å². The highest BCUT2D eigenvalue weighted by Crippen LogP contribution is 2.29. The first kappa shape index (κ1) is 12.3. The van der Waals surface area contributed by atoms with Gasteiger partial charge in [-0.15, -0.1) is 0 Å². The molecule has 3 aromatic rings. The van der Waals surface area contributed by atoms with Gasteiger partial charge in [0.1, 0.15) is 12.1 Å². The van der Waals surface area contributed by atoms with Crippen LogP contribution in [0.5, 0.6) is 11.6 Å². The van der Waals surface area contributed by atoms with Crippen molar-refractivity contribution in [2.75, 3.05) is 5.73 Å². The molecule has 0 aliphatic rings. The normalized spacial score (nSPS) is 10.7. The van der Waals surface area contributed by atoms with E-state index in [0.29, 0.717) is 16.6 Å². The fraction of sp³-hybridized carbons (Fsp3) is 0. The number of fused-ring (bicyclic) bond motifs is 1. The number of benzene rings is 2. The molecule has 100 valence electrons. The van der Waals surface area contributed by atoms with Crippen molar-refractivity contribution < 1.29 is 13.5 Å². The number of nitrogens with two attached hydrogens (primary N) is 1. The number of nitrogens with zero attached hydrogens (tertiary/aromatic N) is 2. The molecular formula is C14H9F2N3O. The Labute approximate surface area is 112 Å². The van der Waals surface area contributed by atoms with Gasteiger partial charge in [-0.1, -0.05) is 0 Å². The first-order chi connectivity index (χ1) is 9.63. The molecule has 2 N–H and O–H groups in total. The Morgan fingerprint density at radius 1 is 1.00 bits per heavy atom. The number of hydrogen-bond acceptors (Lipinski definition) is 4. The molecule has 6 heteroatoms. The average molecular weight is 273 g/mol. The first-order valence-corrected chi connectivity index (χ1v) is 5.76. The van der Waals surface area contributed by atoms with Crippen LogP contribution in [-0.4, -0.2) is 9.97 Å². The number of rotatable bonds is 2. The molecule has 0 amide bonds. The molecule has 4 nitrogen and oxygen atoms in total. The van der Waals surface area contributed by atoms with E-state index in [1.54, 1.807) is 18.2 Å². The van der Waals surface area contributed by atoms with E-state index >= 15 is 0 Å². The van der Waals surface area contributed by atoms with Crippen LogP contribution in [0.15, 0.2) is 42.7 Å². The van der Waals surface area contributed by atoms with E-state index in [-0.39, 0.29) is 11.6 Å². The zero-order chi connectivity index (χ0) is 14.1. The van der Waals surface area contributed by atoms with Gasteiger partial charge in [0.25, 0.3) is 0 Å². The van der Waals surface area contributed by atoms with Crippen LogP contribution in [0.4, 0.5) is 14.5 Å². The molecule has 0 spiro atoms. The fourth-order valence-corrected chi connectivity index (χ4v) is 1.79. The van der Waals surface area contributed by atoms with Crippen molar-refractivity contribution in [1.29, 1.82) is 0 Å². The van der Waals surface area contributed by atoms with Crippen LogP contribution in [0.25, 0.3) is 10.9 Å². The Morgan fingerprint density at radius 2 is 1.85 bits per heavy atom. The minimum Gasteiger partial charge on any atom is -0.435 e. The second kappa shape index (κ2) is 4.73. The van der Waals surface area contributed by atoms with Gasteiger partial charge < -0.3 is 10.5 Å². The van der Waals surface area contributed by atoms with Crippen molar-refractivity contribution >= 4 is 16.6 Å². The van der Waals surface area contributed by atoms with Gasteiger partial charge in [0.05, 0.1) is 10.9 Å². The van der Waals surface area contributed by atoms with Crippen LogP contribution in [0, 0.1) is 11.6 Å². The Hall–Kier alpha value is -2.76. The van der Waals surface area contributed by atoms with Crippen molar-refractivity contribution in [2.24, 2.45) is 0 Å². The summed E-state index contributed by atoms with van der Waals surface area (Å²) in [5.74, 6) is -1.36. The largest absolute Gasteiger partial charge is 0.435 e. The van der Waals surface area contributed by atoms with Crippen LogP contribution < -0.4 is 10.5 Å². The third-order valence-electron chi connectivity index (χ3n) is 2.72. The van der Waals surface area contributed by atoms with Crippen LogP contribution in [0.1, 0.15) is 0 Å². The van der Waals surface area contributed by atoms with Gasteiger partial charge in [-0.3, -0.25) is 0 Å². The molecule has 1 heterocycles. The Kier molecular flexibility index (Phi) is 2.90. The highest BCUT2D eigenvalue weighted by molar-refractivity contribution is 5.85. The number of hydrogen-bond donors (Lipinski definition) is 1. The first-order valence-electron chi connectivity index (χ1n) is 5.76. The standard InChI is InChI=1S/C14H9F2N3O/c15-8-1-4-11(16)13(5-8)20-14-10-3-2-9(17)6-12(10)18-7-19-14/h1-7H,17H2. The molecule has 2 aromatic carbocycles. The van der Waals surface area contributed by atoms with Gasteiger partial charge in [0, 0.05) is 11.8 Å². The molecule has 0 aliphatic heterocycles. The van der Waals surface area contributed by atoms with Crippen molar-refractivity contribution in [3.63, 3.8) is 0 Å². The van der Waals surface area contributed by atoms with Gasteiger partial charge in [-0.05, 0) is 30.3 Å². The van der Waals surface area contributed by atoms with Gasteiger partial charge in [0.2, 0.25) is 5.88 Å². The molecule has 0 radical (unpaired) electrons. The molecule has 0 bridgehead atoms. The van der Waals surface area contributed by atoms with E-state index in [0.717, 1.165) is 18.2 Å². The summed E-state index contributed by atoms with van der Waals surface area (Å²) in [6.45, 7) is 0. The second-order valence-corrected chi connectivity index (χ2v) is 4.13. The number of halogens is 2. The number of aromatic nitrogens is 2. The third kappa shape index (κ3) is 2.23. The molecule has 0 saturated carbocycles. The molecule has 0 saturated heterocycles. The summed E-state index contributed by atoms with van der Waals surface area (Å²) in [6.07, 6.45) is 1.27. The summed E-state index contributed by atoms with van der Waals surface area (Å²) in [5.41, 5.74) is 6.76. The lowest BCUT2D eigenvalue weighted by atomic mass is 10.2. The van der Waals surface area contributed by atoms with E-state index < -0.39 is 11.6 Å². The number of ether oxygens (including phenoxy) is 1. The average Bonchev–Trinajstić information content (AvgIpc) is 2.43. The van der Waals surface area contributed by atoms with Crippen molar-refractivity contribution in [3.8, 4) is 11.6 Å². The Balaban J connectivity index is 2.09. The summed E-state index contributed by atoms with van der Waals surface area (Å²) < 4.78 is 32.0. The van der Waals surface area contributed by atoms with Crippen molar-refractivity contribution in [3.05, 3.63) is 54.4 Å².